The maximum Gasteiger partial charge on any atom is 0.253 e. The third-order valence-corrected chi connectivity index (χ3v) is 4.06. The summed E-state index contributed by atoms with van der Waals surface area (Å²) in [6.45, 7) is 5.40. The van der Waals surface area contributed by atoms with Crippen LogP contribution in [0, 0.1) is 5.82 Å². The average Bonchev–Trinajstić information content (AvgIpc) is 2.64. The summed E-state index contributed by atoms with van der Waals surface area (Å²) in [5.74, 6) is -0.639. The van der Waals surface area contributed by atoms with E-state index >= 15 is 0 Å². The number of amides is 2. The lowest BCUT2D eigenvalue weighted by Crippen LogP contribution is -2.31. The van der Waals surface area contributed by atoms with E-state index < -0.39 is 0 Å². The summed E-state index contributed by atoms with van der Waals surface area (Å²) in [6, 6.07) is 13.2. The Balaban J connectivity index is 1.99. The van der Waals surface area contributed by atoms with Crippen LogP contribution in [0.4, 0.5) is 4.39 Å². The molecule has 1 N–H and O–H groups in total. The average molecular weight is 342 g/mol. The molecule has 2 aromatic carbocycles. The normalized spacial score (nSPS) is 10.4. The van der Waals surface area contributed by atoms with Crippen molar-refractivity contribution in [3.05, 3.63) is 71.0 Å². The van der Waals surface area contributed by atoms with Crippen LogP contribution in [0.1, 0.15) is 40.1 Å². The number of hydrogen-bond donors (Lipinski definition) is 1. The van der Waals surface area contributed by atoms with E-state index in [9.17, 15) is 14.0 Å². The van der Waals surface area contributed by atoms with Crippen molar-refractivity contribution in [2.45, 2.75) is 20.3 Å². The monoisotopic (exact) mass is 342 g/mol. The smallest absolute Gasteiger partial charge is 0.253 e. The fraction of sp³-hybridized carbons (Fsp3) is 0.300. The predicted octanol–water partition coefficient (Wildman–Crippen LogP) is 3.28. The van der Waals surface area contributed by atoms with Crippen LogP contribution < -0.4 is 5.32 Å². The van der Waals surface area contributed by atoms with Gasteiger partial charge in [0.15, 0.2) is 0 Å². The summed E-state index contributed by atoms with van der Waals surface area (Å²) in [7, 11) is 0. The molecule has 2 aromatic rings. The number of halogens is 1. The van der Waals surface area contributed by atoms with E-state index in [0.29, 0.717) is 42.7 Å². The van der Waals surface area contributed by atoms with E-state index in [1.54, 1.807) is 47.4 Å². The second-order valence-corrected chi connectivity index (χ2v) is 5.66. The van der Waals surface area contributed by atoms with E-state index in [0.717, 1.165) is 0 Å². The first kappa shape index (κ1) is 18.6. The van der Waals surface area contributed by atoms with E-state index in [2.05, 4.69) is 5.32 Å². The number of rotatable bonds is 7. The van der Waals surface area contributed by atoms with Gasteiger partial charge in [-0.3, -0.25) is 9.59 Å². The number of nitrogens with zero attached hydrogens (tertiary/aromatic N) is 1. The molecule has 0 saturated heterocycles. The standard InChI is InChI=1S/C20H23FN2O2/c1-3-23(4-2)20(25)17-10-7-9-16(14-17)19(24)22-13-12-15-8-5-6-11-18(15)21/h5-11,14H,3-4,12-13H2,1-2H3,(H,22,24). The van der Waals surface area contributed by atoms with Gasteiger partial charge >= 0.3 is 0 Å². The van der Waals surface area contributed by atoms with Gasteiger partial charge in [0.1, 0.15) is 5.82 Å². The van der Waals surface area contributed by atoms with Crippen molar-refractivity contribution >= 4 is 11.8 Å². The molecular formula is C20H23FN2O2. The molecule has 0 aliphatic heterocycles. The number of benzene rings is 2. The Morgan fingerprint density at radius 2 is 1.68 bits per heavy atom. The molecule has 0 fully saturated rings. The molecule has 5 heteroatoms. The van der Waals surface area contributed by atoms with Gasteiger partial charge in [-0.1, -0.05) is 24.3 Å². The molecule has 0 aliphatic carbocycles. The fourth-order valence-electron chi connectivity index (χ4n) is 2.60. The molecule has 25 heavy (non-hydrogen) atoms. The van der Waals surface area contributed by atoms with Gasteiger partial charge in [-0.05, 0) is 50.1 Å². The van der Waals surface area contributed by atoms with Gasteiger partial charge in [-0.2, -0.15) is 0 Å². The molecule has 0 aliphatic rings. The first-order valence-electron chi connectivity index (χ1n) is 8.47. The third-order valence-electron chi connectivity index (χ3n) is 4.06. The van der Waals surface area contributed by atoms with Crippen molar-refractivity contribution in [1.29, 1.82) is 0 Å². The van der Waals surface area contributed by atoms with Gasteiger partial charge in [-0.25, -0.2) is 4.39 Å². The zero-order valence-electron chi connectivity index (χ0n) is 14.6. The number of carbonyl (C=O) groups excluding carboxylic acids is 2. The molecule has 0 saturated carbocycles. The SMILES string of the molecule is CCN(CC)C(=O)c1cccc(C(=O)NCCc2ccccc2F)c1. The van der Waals surface area contributed by atoms with Crippen molar-refractivity contribution in [1.82, 2.24) is 10.2 Å². The minimum absolute atomic E-state index is 0.0917. The Labute approximate surface area is 147 Å². The van der Waals surface area contributed by atoms with Crippen LogP contribution in [0.5, 0.6) is 0 Å². The maximum absolute atomic E-state index is 13.6. The second-order valence-electron chi connectivity index (χ2n) is 5.66. The summed E-state index contributed by atoms with van der Waals surface area (Å²) in [6.07, 6.45) is 0.413. The Kier molecular flexibility index (Phi) is 6.69. The summed E-state index contributed by atoms with van der Waals surface area (Å²) in [4.78, 5) is 26.3. The number of carbonyl (C=O) groups is 2. The highest BCUT2D eigenvalue weighted by Crippen LogP contribution is 2.10. The molecule has 0 bridgehead atoms. The largest absolute Gasteiger partial charge is 0.352 e. The Hall–Kier alpha value is -2.69. The summed E-state index contributed by atoms with van der Waals surface area (Å²) in [5, 5.41) is 2.77. The molecule has 0 spiro atoms. The lowest BCUT2D eigenvalue weighted by molar-refractivity contribution is 0.0773. The van der Waals surface area contributed by atoms with Crippen LogP contribution in [0.3, 0.4) is 0 Å². The van der Waals surface area contributed by atoms with E-state index in [-0.39, 0.29) is 17.6 Å². The fourth-order valence-corrected chi connectivity index (χ4v) is 2.60. The van der Waals surface area contributed by atoms with Crippen LogP contribution in [-0.2, 0) is 6.42 Å². The Morgan fingerprint density at radius 3 is 2.36 bits per heavy atom. The summed E-state index contributed by atoms with van der Waals surface area (Å²) in [5.41, 5.74) is 1.48. The van der Waals surface area contributed by atoms with Crippen molar-refractivity contribution in [3.63, 3.8) is 0 Å². The number of hydrogen-bond acceptors (Lipinski definition) is 2. The molecule has 2 rings (SSSR count). The summed E-state index contributed by atoms with van der Waals surface area (Å²) < 4.78 is 13.6. The van der Waals surface area contributed by atoms with Gasteiger partial charge in [0.25, 0.3) is 11.8 Å². The highest BCUT2D eigenvalue weighted by atomic mass is 19.1. The first-order chi connectivity index (χ1) is 12.1. The van der Waals surface area contributed by atoms with Crippen LogP contribution in [-0.4, -0.2) is 36.3 Å². The lowest BCUT2D eigenvalue weighted by Gasteiger charge is -2.18. The zero-order valence-corrected chi connectivity index (χ0v) is 14.6. The van der Waals surface area contributed by atoms with E-state index in [4.69, 9.17) is 0 Å². The Bertz CT molecular complexity index is 742. The van der Waals surface area contributed by atoms with Crippen LogP contribution in [0.25, 0.3) is 0 Å². The van der Waals surface area contributed by atoms with Gasteiger partial charge in [0.05, 0.1) is 0 Å². The predicted molar refractivity (Wildman–Crippen MR) is 96.1 cm³/mol. The molecule has 4 nitrogen and oxygen atoms in total. The van der Waals surface area contributed by atoms with Gasteiger partial charge in [0, 0.05) is 30.8 Å². The zero-order chi connectivity index (χ0) is 18.2. The number of nitrogens with one attached hydrogen (secondary N) is 1. The lowest BCUT2D eigenvalue weighted by atomic mass is 10.1. The molecular weight excluding hydrogens is 319 g/mol. The second kappa shape index (κ2) is 8.97. The van der Waals surface area contributed by atoms with E-state index in [1.165, 1.54) is 6.07 Å². The van der Waals surface area contributed by atoms with Gasteiger partial charge in [0.2, 0.25) is 0 Å². The van der Waals surface area contributed by atoms with Crippen molar-refractivity contribution < 1.29 is 14.0 Å². The molecule has 2 amide bonds. The molecule has 132 valence electrons. The van der Waals surface area contributed by atoms with Crippen molar-refractivity contribution in [3.8, 4) is 0 Å². The van der Waals surface area contributed by atoms with Crippen molar-refractivity contribution in [2.75, 3.05) is 19.6 Å². The van der Waals surface area contributed by atoms with Crippen LogP contribution in [0.15, 0.2) is 48.5 Å². The highest BCUT2D eigenvalue weighted by molar-refractivity contribution is 5.99. The molecule has 0 aromatic heterocycles. The molecule has 0 unspecified atom stereocenters. The maximum atomic E-state index is 13.6. The highest BCUT2D eigenvalue weighted by Gasteiger charge is 2.14. The molecule has 0 heterocycles. The Morgan fingerprint density at radius 1 is 1.00 bits per heavy atom. The third kappa shape index (κ3) is 4.89. The topological polar surface area (TPSA) is 49.4 Å². The minimum Gasteiger partial charge on any atom is -0.352 e. The quantitative estimate of drug-likeness (QED) is 0.839. The molecule has 0 atom stereocenters. The molecule has 0 radical (unpaired) electrons. The first-order valence-corrected chi connectivity index (χ1v) is 8.47. The van der Waals surface area contributed by atoms with Crippen LogP contribution in [0.2, 0.25) is 0 Å². The van der Waals surface area contributed by atoms with E-state index in [1.807, 2.05) is 13.8 Å². The summed E-state index contributed by atoms with van der Waals surface area (Å²) >= 11 is 0. The minimum atomic E-state index is -0.274. The van der Waals surface area contributed by atoms with Crippen molar-refractivity contribution in [2.24, 2.45) is 0 Å². The van der Waals surface area contributed by atoms with Crippen LogP contribution >= 0.6 is 0 Å². The van der Waals surface area contributed by atoms with Gasteiger partial charge < -0.3 is 10.2 Å². The van der Waals surface area contributed by atoms with Gasteiger partial charge in [-0.15, -0.1) is 0 Å².